The van der Waals surface area contributed by atoms with Crippen molar-refractivity contribution in [2.45, 2.75) is 57.3 Å². The molecule has 0 atom stereocenters. The molecule has 3 heterocycles. The summed E-state index contributed by atoms with van der Waals surface area (Å²) in [6.07, 6.45) is 12.6. The number of aromatic nitrogens is 3. The summed E-state index contributed by atoms with van der Waals surface area (Å²) in [6, 6.07) is 11.0. The van der Waals surface area contributed by atoms with Gasteiger partial charge in [0.05, 0.1) is 0 Å². The number of aryl methyl sites for hydroxylation is 2. The van der Waals surface area contributed by atoms with Crippen LogP contribution < -0.4 is 5.32 Å². The van der Waals surface area contributed by atoms with Gasteiger partial charge in [-0.2, -0.15) is 0 Å². The Labute approximate surface area is 164 Å². The molecule has 1 fully saturated rings. The maximum atomic E-state index is 4.82. The molecular formula is C24H26N4. The van der Waals surface area contributed by atoms with Gasteiger partial charge in [0.25, 0.3) is 0 Å². The molecule has 0 saturated heterocycles. The molecule has 142 valence electrons. The maximum Gasteiger partial charge on any atom is 0.140 e. The fraction of sp³-hybridized carbons (Fsp3) is 0.375. The van der Waals surface area contributed by atoms with E-state index in [4.69, 9.17) is 4.98 Å². The highest BCUT2D eigenvalue weighted by atomic mass is 15.0. The standard InChI is InChI=1S/C24H26N4/c1-2-5-15(6-3-1)20-14-25-22-13-16(9-10-18(20)22)26-23-12-11-19-17-7-4-8-21(17)27-24(19)28-23/h9-15,25H,1-8H2,(H2,26,27,28). The zero-order valence-electron chi connectivity index (χ0n) is 16.1. The fourth-order valence-electron chi connectivity index (χ4n) is 5.32. The summed E-state index contributed by atoms with van der Waals surface area (Å²) in [4.78, 5) is 11.8. The van der Waals surface area contributed by atoms with Crippen LogP contribution in [0.15, 0.2) is 36.5 Å². The lowest BCUT2D eigenvalue weighted by Crippen LogP contribution is -2.03. The Kier molecular flexibility index (Phi) is 3.71. The van der Waals surface area contributed by atoms with Gasteiger partial charge >= 0.3 is 0 Å². The van der Waals surface area contributed by atoms with E-state index >= 15 is 0 Å². The summed E-state index contributed by atoms with van der Waals surface area (Å²) in [5.74, 6) is 1.62. The van der Waals surface area contributed by atoms with Gasteiger partial charge in [-0.3, -0.25) is 0 Å². The molecule has 4 nitrogen and oxygen atoms in total. The number of benzene rings is 1. The molecular weight excluding hydrogens is 344 g/mol. The van der Waals surface area contributed by atoms with Gasteiger partial charge in [0.2, 0.25) is 0 Å². The first kappa shape index (κ1) is 16.2. The lowest BCUT2D eigenvalue weighted by Gasteiger charge is -2.21. The van der Waals surface area contributed by atoms with E-state index in [0.29, 0.717) is 0 Å². The Morgan fingerprint density at radius 2 is 1.82 bits per heavy atom. The number of rotatable bonds is 3. The average molecular weight is 371 g/mol. The number of hydrogen-bond acceptors (Lipinski definition) is 2. The van der Waals surface area contributed by atoms with Crippen LogP contribution in [-0.4, -0.2) is 15.0 Å². The van der Waals surface area contributed by atoms with Crippen LogP contribution in [-0.2, 0) is 12.8 Å². The second kappa shape index (κ2) is 6.40. The quantitative estimate of drug-likeness (QED) is 0.395. The second-order valence-corrected chi connectivity index (χ2v) is 8.49. The largest absolute Gasteiger partial charge is 0.361 e. The molecule has 0 spiro atoms. The van der Waals surface area contributed by atoms with Gasteiger partial charge in [0.1, 0.15) is 11.5 Å². The molecule has 3 aromatic heterocycles. The Morgan fingerprint density at radius 1 is 0.929 bits per heavy atom. The molecule has 1 aromatic carbocycles. The van der Waals surface area contributed by atoms with E-state index in [1.54, 1.807) is 0 Å². The van der Waals surface area contributed by atoms with Crippen LogP contribution in [0.5, 0.6) is 0 Å². The lowest BCUT2D eigenvalue weighted by atomic mass is 9.84. The second-order valence-electron chi connectivity index (χ2n) is 8.49. The van der Waals surface area contributed by atoms with Crippen LogP contribution in [0.2, 0.25) is 0 Å². The van der Waals surface area contributed by atoms with Crippen molar-refractivity contribution >= 4 is 33.4 Å². The Morgan fingerprint density at radius 3 is 2.75 bits per heavy atom. The third-order valence-electron chi connectivity index (χ3n) is 6.74. The summed E-state index contributed by atoms with van der Waals surface area (Å²) in [5, 5.41) is 6.15. The summed E-state index contributed by atoms with van der Waals surface area (Å²) < 4.78 is 0. The summed E-state index contributed by atoms with van der Waals surface area (Å²) >= 11 is 0. The highest BCUT2D eigenvalue weighted by Gasteiger charge is 2.19. The normalized spacial score (nSPS) is 17.4. The first-order valence-corrected chi connectivity index (χ1v) is 10.7. The van der Waals surface area contributed by atoms with Crippen molar-refractivity contribution in [2.24, 2.45) is 0 Å². The van der Waals surface area contributed by atoms with Crippen LogP contribution in [0.25, 0.3) is 21.9 Å². The Hall–Kier alpha value is -2.75. The van der Waals surface area contributed by atoms with Gasteiger partial charge in [-0.05, 0) is 73.4 Å². The fourth-order valence-corrected chi connectivity index (χ4v) is 5.32. The molecule has 2 aliphatic carbocycles. The van der Waals surface area contributed by atoms with E-state index in [2.05, 4.69) is 51.8 Å². The number of hydrogen-bond donors (Lipinski definition) is 3. The molecule has 1 saturated carbocycles. The van der Waals surface area contributed by atoms with E-state index in [9.17, 15) is 0 Å². The number of nitrogens with one attached hydrogen (secondary N) is 3. The minimum absolute atomic E-state index is 0.722. The molecule has 2 aliphatic rings. The van der Waals surface area contributed by atoms with E-state index in [-0.39, 0.29) is 0 Å². The van der Waals surface area contributed by atoms with Gasteiger partial charge in [0, 0.05) is 33.9 Å². The summed E-state index contributed by atoms with van der Waals surface area (Å²) in [5.41, 5.74) is 7.65. The van der Waals surface area contributed by atoms with Crippen LogP contribution in [0.1, 0.15) is 61.3 Å². The number of H-pyrrole nitrogens is 2. The first-order valence-electron chi connectivity index (χ1n) is 10.7. The molecule has 4 heteroatoms. The van der Waals surface area contributed by atoms with E-state index < -0.39 is 0 Å². The zero-order valence-corrected chi connectivity index (χ0v) is 16.1. The minimum atomic E-state index is 0.722. The molecule has 3 N–H and O–H groups in total. The Bertz CT molecular complexity index is 1160. The number of aromatic amines is 2. The lowest BCUT2D eigenvalue weighted by molar-refractivity contribution is 0.445. The highest BCUT2D eigenvalue weighted by molar-refractivity contribution is 5.88. The van der Waals surface area contributed by atoms with Crippen molar-refractivity contribution in [3.8, 4) is 0 Å². The van der Waals surface area contributed by atoms with Crippen LogP contribution in [0, 0.1) is 0 Å². The van der Waals surface area contributed by atoms with Crippen LogP contribution in [0.3, 0.4) is 0 Å². The monoisotopic (exact) mass is 370 g/mol. The maximum absolute atomic E-state index is 4.82. The van der Waals surface area contributed by atoms with Crippen molar-refractivity contribution in [1.29, 1.82) is 0 Å². The van der Waals surface area contributed by atoms with Crippen molar-refractivity contribution in [1.82, 2.24) is 15.0 Å². The predicted octanol–water partition coefficient (Wildman–Crippen LogP) is 6.32. The Balaban J connectivity index is 1.29. The van der Waals surface area contributed by atoms with Gasteiger partial charge in [-0.1, -0.05) is 25.3 Å². The van der Waals surface area contributed by atoms with E-state index in [1.165, 1.54) is 78.1 Å². The third kappa shape index (κ3) is 2.62. The van der Waals surface area contributed by atoms with Crippen LogP contribution >= 0.6 is 0 Å². The highest BCUT2D eigenvalue weighted by Crippen LogP contribution is 2.37. The molecule has 0 unspecified atom stereocenters. The number of nitrogens with zero attached hydrogens (tertiary/aromatic N) is 1. The minimum Gasteiger partial charge on any atom is -0.361 e. The molecule has 4 aromatic rings. The topological polar surface area (TPSA) is 56.5 Å². The van der Waals surface area contributed by atoms with Gasteiger partial charge in [-0.15, -0.1) is 0 Å². The van der Waals surface area contributed by atoms with Gasteiger partial charge in [0.15, 0.2) is 0 Å². The SMILES string of the molecule is c1cc2c(C3CCCCC3)c[nH]c2cc1Nc1ccc2c3c([nH]c2n1)CCC3. The molecule has 6 rings (SSSR count). The predicted molar refractivity (Wildman–Crippen MR) is 116 cm³/mol. The average Bonchev–Trinajstić information content (AvgIpc) is 3.42. The van der Waals surface area contributed by atoms with Crippen molar-refractivity contribution < 1.29 is 0 Å². The number of pyridine rings is 1. The van der Waals surface area contributed by atoms with Crippen molar-refractivity contribution in [3.63, 3.8) is 0 Å². The third-order valence-corrected chi connectivity index (χ3v) is 6.74. The molecule has 0 amide bonds. The zero-order chi connectivity index (χ0) is 18.5. The molecule has 0 aliphatic heterocycles. The van der Waals surface area contributed by atoms with E-state index in [1.807, 2.05) is 0 Å². The molecule has 28 heavy (non-hydrogen) atoms. The molecule has 0 bridgehead atoms. The van der Waals surface area contributed by atoms with Gasteiger partial charge in [-0.25, -0.2) is 4.98 Å². The molecule has 0 radical (unpaired) electrons. The number of anilines is 2. The van der Waals surface area contributed by atoms with Crippen molar-refractivity contribution in [3.05, 3.63) is 53.3 Å². The van der Waals surface area contributed by atoms with Crippen LogP contribution in [0.4, 0.5) is 11.5 Å². The van der Waals surface area contributed by atoms with E-state index in [0.717, 1.165) is 29.5 Å². The first-order chi connectivity index (χ1) is 13.8. The smallest absolute Gasteiger partial charge is 0.140 e. The van der Waals surface area contributed by atoms with Gasteiger partial charge < -0.3 is 15.3 Å². The summed E-state index contributed by atoms with van der Waals surface area (Å²) in [6.45, 7) is 0. The van der Waals surface area contributed by atoms with Crippen molar-refractivity contribution in [2.75, 3.05) is 5.32 Å². The number of fused-ring (bicyclic) bond motifs is 4. The summed E-state index contributed by atoms with van der Waals surface area (Å²) in [7, 11) is 0.